The lowest BCUT2D eigenvalue weighted by molar-refractivity contribution is 0.344. The van der Waals surface area contributed by atoms with Crippen molar-refractivity contribution in [3.63, 3.8) is 0 Å². The molecule has 1 aliphatic rings. The minimum absolute atomic E-state index is 0.292. The largest absolute Gasteiger partial charge is 0.453 e. The molecule has 1 fully saturated rings. The van der Waals surface area contributed by atoms with Crippen molar-refractivity contribution < 1.29 is 8.94 Å². The fourth-order valence-electron chi connectivity index (χ4n) is 2.77. The van der Waals surface area contributed by atoms with Crippen LogP contribution in [0.5, 0.6) is 0 Å². The van der Waals surface area contributed by atoms with Gasteiger partial charge in [-0.2, -0.15) is 4.98 Å². The first-order valence-electron chi connectivity index (χ1n) is 6.87. The summed E-state index contributed by atoms with van der Waals surface area (Å²) in [6.45, 7) is 3.14. The van der Waals surface area contributed by atoms with E-state index in [1.807, 2.05) is 30.3 Å². The van der Waals surface area contributed by atoms with Crippen LogP contribution < -0.4 is 5.32 Å². The van der Waals surface area contributed by atoms with Crippen LogP contribution in [0.25, 0.3) is 22.6 Å². The van der Waals surface area contributed by atoms with Crippen LogP contribution in [-0.4, -0.2) is 22.7 Å². The number of benzene rings is 1. The third-order valence-electron chi connectivity index (χ3n) is 3.93. The zero-order valence-electron chi connectivity index (χ0n) is 11.2. The maximum atomic E-state index is 5.76. The second-order valence-corrected chi connectivity index (χ2v) is 5.24. The maximum absolute atomic E-state index is 5.76. The summed E-state index contributed by atoms with van der Waals surface area (Å²) in [5.74, 6) is 2.16. The van der Waals surface area contributed by atoms with Crippen molar-refractivity contribution in [3.8, 4) is 11.6 Å². The summed E-state index contributed by atoms with van der Waals surface area (Å²) in [5.41, 5.74) is 0.838. The molecule has 0 amide bonds. The zero-order valence-corrected chi connectivity index (χ0v) is 11.2. The van der Waals surface area contributed by atoms with Crippen LogP contribution in [0.2, 0.25) is 0 Å². The predicted octanol–water partition coefficient (Wildman–Crippen LogP) is 2.95. The highest BCUT2D eigenvalue weighted by Crippen LogP contribution is 2.30. The molecule has 0 aliphatic carbocycles. The number of hydrogen-bond acceptors (Lipinski definition) is 5. The number of nitrogens with one attached hydrogen (secondary N) is 1. The molecule has 5 nitrogen and oxygen atoms in total. The molecule has 2 aromatic heterocycles. The Bertz CT molecular complexity index is 713. The first kappa shape index (κ1) is 11.7. The lowest BCUT2D eigenvalue weighted by Crippen LogP contribution is -2.21. The molecule has 20 heavy (non-hydrogen) atoms. The molecule has 0 spiro atoms. The van der Waals surface area contributed by atoms with E-state index in [4.69, 9.17) is 8.94 Å². The highest BCUT2D eigenvalue weighted by molar-refractivity contribution is 5.81. The van der Waals surface area contributed by atoms with E-state index in [2.05, 4.69) is 22.4 Å². The Kier molecular flexibility index (Phi) is 2.60. The quantitative estimate of drug-likeness (QED) is 0.775. The standard InChI is InChI=1S/C15H15N3O2/c1-9-11(6-7-16-9)15-17-14(18-20-15)13-8-10-4-2-3-5-12(10)19-13/h2-5,8-9,11,16H,6-7H2,1H3. The van der Waals surface area contributed by atoms with Crippen LogP contribution in [0.3, 0.4) is 0 Å². The first-order valence-corrected chi connectivity index (χ1v) is 6.87. The van der Waals surface area contributed by atoms with Gasteiger partial charge < -0.3 is 14.3 Å². The Balaban J connectivity index is 1.70. The molecule has 2 atom stereocenters. The Morgan fingerprint density at radius 3 is 3.00 bits per heavy atom. The van der Waals surface area contributed by atoms with E-state index in [0.29, 0.717) is 29.4 Å². The van der Waals surface area contributed by atoms with Gasteiger partial charge in [0.1, 0.15) is 5.58 Å². The van der Waals surface area contributed by atoms with E-state index in [9.17, 15) is 0 Å². The molecule has 4 rings (SSSR count). The molecule has 1 aliphatic heterocycles. The van der Waals surface area contributed by atoms with Crippen molar-refractivity contribution in [2.75, 3.05) is 6.54 Å². The van der Waals surface area contributed by atoms with E-state index in [-0.39, 0.29) is 0 Å². The molecule has 1 N–H and O–H groups in total. The van der Waals surface area contributed by atoms with Crippen molar-refractivity contribution in [1.29, 1.82) is 0 Å². The Labute approximate surface area is 116 Å². The predicted molar refractivity (Wildman–Crippen MR) is 74.3 cm³/mol. The molecule has 102 valence electrons. The minimum atomic E-state index is 0.292. The van der Waals surface area contributed by atoms with Crippen LogP contribution in [0.4, 0.5) is 0 Å². The molecular weight excluding hydrogens is 254 g/mol. The molecular formula is C15H15N3O2. The molecule has 1 saturated heterocycles. The third-order valence-corrected chi connectivity index (χ3v) is 3.93. The smallest absolute Gasteiger partial charge is 0.238 e. The van der Waals surface area contributed by atoms with Crippen LogP contribution in [0, 0.1) is 0 Å². The molecule has 3 heterocycles. The Morgan fingerprint density at radius 2 is 2.20 bits per heavy atom. The van der Waals surface area contributed by atoms with Gasteiger partial charge in [0, 0.05) is 11.4 Å². The normalized spacial score (nSPS) is 22.6. The summed E-state index contributed by atoms with van der Waals surface area (Å²) in [7, 11) is 0. The summed E-state index contributed by atoms with van der Waals surface area (Å²) in [6, 6.07) is 10.2. The second kappa shape index (κ2) is 4.45. The van der Waals surface area contributed by atoms with Gasteiger partial charge in [0.2, 0.25) is 11.7 Å². The number of fused-ring (bicyclic) bond motifs is 1. The number of para-hydroxylation sites is 1. The summed E-state index contributed by atoms with van der Waals surface area (Å²) in [5, 5.41) is 8.49. The van der Waals surface area contributed by atoms with E-state index < -0.39 is 0 Å². The molecule has 1 aromatic carbocycles. The number of aromatic nitrogens is 2. The molecule has 0 radical (unpaired) electrons. The van der Waals surface area contributed by atoms with Gasteiger partial charge in [-0.1, -0.05) is 23.4 Å². The molecule has 3 aromatic rings. The van der Waals surface area contributed by atoms with Crippen LogP contribution >= 0.6 is 0 Å². The van der Waals surface area contributed by atoms with Gasteiger partial charge in [-0.05, 0) is 32.0 Å². The monoisotopic (exact) mass is 269 g/mol. The van der Waals surface area contributed by atoms with Crippen LogP contribution in [-0.2, 0) is 0 Å². The fraction of sp³-hybridized carbons (Fsp3) is 0.333. The second-order valence-electron chi connectivity index (χ2n) is 5.24. The SMILES string of the molecule is CC1NCCC1c1nc(-c2cc3ccccc3o2)no1. The maximum Gasteiger partial charge on any atom is 0.238 e. The van der Waals surface area contributed by atoms with Gasteiger partial charge in [0.25, 0.3) is 0 Å². The van der Waals surface area contributed by atoms with E-state index in [0.717, 1.165) is 23.9 Å². The highest BCUT2D eigenvalue weighted by atomic mass is 16.5. The van der Waals surface area contributed by atoms with Crippen LogP contribution in [0.15, 0.2) is 39.3 Å². The summed E-state index contributed by atoms with van der Waals surface area (Å²) in [4.78, 5) is 4.50. The Hall–Kier alpha value is -2.14. The van der Waals surface area contributed by atoms with Crippen molar-refractivity contribution in [3.05, 3.63) is 36.2 Å². The van der Waals surface area contributed by atoms with Gasteiger partial charge in [0.05, 0.1) is 5.92 Å². The van der Waals surface area contributed by atoms with Crippen molar-refractivity contribution in [1.82, 2.24) is 15.5 Å². The molecule has 0 bridgehead atoms. The number of hydrogen-bond donors (Lipinski definition) is 1. The van der Waals surface area contributed by atoms with Gasteiger partial charge in [-0.15, -0.1) is 0 Å². The number of nitrogens with zero attached hydrogens (tertiary/aromatic N) is 2. The fourth-order valence-corrected chi connectivity index (χ4v) is 2.77. The summed E-state index contributed by atoms with van der Waals surface area (Å²) >= 11 is 0. The lowest BCUT2D eigenvalue weighted by atomic mass is 10.0. The summed E-state index contributed by atoms with van der Waals surface area (Å²) in [6.07, 6.45) is 1.03. The van der Waals surface area contributed by atoms with Gasteiger partial charge in [0.15, 0.2) is 5.76 Å². The summed E-state index contributed by atoms with van der Waals surface area (Å²) < 4.78 is 11.2. The van der Waals surface area contributed by atoms with Gasteiger partial charge in [-0.3, -0.25) is 0 Å². The molecule has 5 heteroatoms. The number of rotatable bonds is 2. The van der Waals surface area contributed by atoms with Crippen molar-refractivity contribution in [2.45, 2.75) is 25.3 Å². The van der Waals surface area contributed by atoms with E-state index in [1.165, 1.54) is 0 Å². The van der Waals surface area contributed by atoms with E-state index >= 15 is 0 Å². The van der Waals surface area contributed by atoms with Gasteiger partial charge >= 0.3 is 0 Å². The van der Waals surface area contributed by atoms with Gasteiger partial charge in [-0.25, -0.2) is 0 Å². The van der Waals surface area contributed by atoms with Crippen molar-refractivity contribution >= 4 is 11.0 Å². The average Bonchev–Trinajstić information content (AvgIpc) is 3.15. The zero-order chi connectivity index (χ0) is 13.5. The topological polar surface area (TPSA) is 64.1 Å². The van der Waals surface area contributed by atoms with E-state index in [1.54, 1.807) is 0 Å². The van der Waals surface area contributed by atoms with Crippen LogP contribution in [0.1, 0.15) is 25.2 Å². The molecule has 2 unspecified atom stereocenters. The first-order chi connectivity index (χ1) is 9.81. The third kappa shape index (κ3) is 1.82. The number of furan rings is 1. The lowest BCUT2D eigenvalue weighted by Gasteiger charge is -2.08. The highest BCUT2D eigenvalue weighted by Gasteiger charge is 2.29. The minimum Gasteiger partial charge on any atom is -0.453 e. The Morgan fingerprint density at radius 1 is 1.30 bits per heavy atom. The molecule has 0 saturated carbocycles. The van der Waals surface area contributed by atoms with Crippen molar-refractivity contribution in [2.24, 2.45) is 0 Å². The average molecular weight is 269 g/mol.